The van der Waals surface area contributed by atoms with E-state index in [1.165, 1.54) is 24.1 Å². The van der Waals surface area contributed by atoms with Gasteiger partial charge >= 0.3 is 0 Å². The van der Waals surface area contributed by atoms with Gasteiger partial charge in [0.05, 0.1) is 0 Å². The van der Waals surface area contributed by atoms with Crippen LogP contribution in [0.4, 0.5) is 5.69 Å². The van der Waals surface area contributed by atoms with Crippen LogP contribution in [0.1, 0.15) is 25.3 Å². The van der Waals surface area contributed by atoms with Gasteiger partial charge in [-0.1, -0.05) is 0 Å². The zero-order valence-corrected chi connectivity index (χ0v) is 8.59. The van der Waals surface area contributed by atoms with E-state index in [1.54, 1.807) is 0 Å². The topological polar surface area (TPSA) is 37.0 Å². The summed E-state index contributed by atoms with van der Waals surface area (Å²) < 4.78 is 0. The number of nitrogens with zero attached hydrogens (tertiary/aromatic N) is 1. The molecule has 3 nitrogen and oxygen atoms in total. The van der Waals surface area contributed by atoms with E-state index in [4.69, 9.17) is 0 Å². The van der Waals surface area contributed by atoms with Crippen LogP contribution in [0.5, 0.6) is 0 Å². The number of hydrogen-bond acceptors (Lipinski definition) is 3. The fourth-order valence-corrected chi connectivity index (χ4v) is 1.47. The lowest BCUT2D eigenvalue weighted by molar-refractivity contribution is 0.686. The SMILES string of the molecule is CCNc1ccncc1CNC1CC1. The van der Waals surface area contributed by atoms with Gasteiger partial charge in [0.15, 0.2) is 0 Å². The van der Waals surface area contributed by atoms with Crippen molar-refractivity contribution in [1.82, 2.24) is 10.3 Å². The Balaban J connectivity index is 1.97. The summed E-state index contributed by atoms with van der Waals surface area (Å²) in [7, 11) is 0. The van der Waals surface area contributed by atoms with Gasteiger partial charge in [-0.15, -0.1) is 0 Å². The highest BCUT2D eigenvalue weighted by Gasteiger charge is 2.20. The number of nitrogens with one attached hydrogen (secondary N) is 2. The molecule has 1 saturated carbocycles. The van der Waals surface area contributed by atoms with Gasteiger partial charge in [0.1, 0.15) is 0 Å². The van der Waals surface area contributed by atoms with Crippen LogP contribution in [0.2, 0.25) is 0 Å². The number of aromatic nitrogens is 1. The molecule has 1 aliphatic carbocycles. The first-order chi connectivity index (χ1) is 6.90. The maximum atomic E-state index is 4.15. The molecule has 2 N–H and O–H groups in total. The maximum absolute atomic E-state index is 4.15. The van der Waals surface area contributed by atoms with Crippen molar-refractivity contribution in [1.29, 1.82) is 0 Å². The van der Waals surface area contributed by atoms with Crippen LogP contribution in [0, 0.1) is 0 Å². The van der Waals surface area contributed by atoms with Crippen LogP contribution in [0.15, 0.2) is 18.5 Å². The lowest BCUT2D eigenvalue weighted by Crippen LogP contribution is -2.16. The van der Waals surface area contributed by atoms with Crippen LogP contribution in [-0.4, -0.2) is 17.6 Å². The Bertz CT molecular complexity index is 294. The van der Waals surface area contributed by atoms with E-state index in [0.29, 0.717) is 0 Å². The minimum absolute atomic E-state index is 0.754. The van der Waals surface area contributed by atoms with E-state index >= 15 is 0 Å². The van der Waals surface area contributed by atoms with Gasteiger partial charge in [-0.05, 0) is 25.8 Å². The molecule has 0 spiro atoms. The maximum Gasteiger partial charge on any atom is 0.0416 e. The van der Waals surface area contributed by atoms with Crippen molar-refractivity contribution in [2.45, 2.75) is 32.4 Å². The van der Waals surface area contributed by atoms with Crippen molar-refractivity contribution in [2.24, 2.45) is 0 Å². The molecule has 2 rings (SSSR count). The number of hydrogen-bond donors (Lipinski definition) is 2. The fraction of sp³-hybridized carbons (Fsp3) is 0.545. The molecule has 1 fully saturated rings. The minimum atomic E-state index is 0.754. The molecule has 0 radical (unpaired) electrons. The first-order valence-electron chi connectivity index (χ1n) is 5.30. The molecule has 14 heavy (non-hydrogen) atoms. The molecular formula is C11H17N3. The Labute approximate surface area is 84.9 Å². The van der Waals surface area contributed by atoms with Gasteiger partial charge in [-0.2, -0.15) is 0 Å². The molecule has 1 aromatic rings. The number of pyridine rings is 1. The molecule has 0 amide bonds. The van der Waals surface area contributed by atoms with Gasteiger partial charge in [0.2, 0.25) is 0 Å². The van der Waals surface area contributed by atoms with E-state index in [2.05, 4.69) is 22.5 Å². The van der Waals surface area contributed by atoms with Gasteiger partial charge in [0, 0.05) is 42.8 Å². The predicted molar refractivity (Wildman–Crippen MR) is 58.3 cm³/mol. The van der Waals surface area contributed by atoms with Crippen LogP contribution < -0.4 is 10.6 Å². The Morgan fingerprint density at radius 2 is 2.36 bits per heavy atom. The van der Waals surface area contributed by atoms with Crippen LogP contribution in [0.3, 0.4) is 0 Å². The second-order valence-corrected chi connectivity index (χ2v) is 3.72. The largest absolute Gasteiger partial charge is 0.385 e. The standard InChI is InChI=1S/C11H17N3/c1-2-13-11-5-6-12-7-9(11)8-14-10-3-4-10/h5-7,10,14H,2-4,8H2,1H3,(H,12,13). The fourth-order valence-electron chi connectivity index (χ4n) is 1.47. The molecule has 1 aromatic heterocycles. The van der Waals surface area contributed by atoms with Gasteiger partial charge < -0.3 is 10.6 Å². The first-order valence-corrected chi connectivity index (χ1v) is 5.30. The quantitative estimate of drug-likeness (QED) is 0.744. The Morgan fingerprint density at radius 3 is 3.07 bits per heavy atom. The second-order valence-electron chi connectivity index (χ2n) is 3.72. The minimum Gasteiger partial charge on any atom is -0.385 e. The summed E-state index contributed by atoms with van der Waals surface area (Å²) in [6.45, 7) is 4.00. The average molecular weight is 191 g/mol. The third-order valence-electron chi connectivity index (χ3n) is 2.43. The van der Waals surface area contributed by atoms with Crippen molar-refractivity contribution in [3.63, 3.8) is 0 Å². The molecule has 1 heterocycles. The summed E-state index contributed by atoms with van der Waals surface area (Å²) in [5, 5.41) is 6.83. The van der Waals surface area contributed by atoms with Crippen molar-refractivity contribution in [3.8, 4) is 0 Å². The van der Waals surface area contributed by atoms with E-state index in [-0.39, 0.29) is 0 Å². The molecule has 76 valence electrons. The molecule has 0 atom stereocenters. The average Bonchev–Trinajstić information content (AvgIpc) is 3.01. The molecule has 3 heteroatoms. The summed E-state index contributed by atoms with van der Waals surface area (Å²) in [6, 6.07) is 2.79. The zero-order chi connectivity index (χ0) is 9.80. The van der Waals surface area contributed by atoms with E-state index in [9.17, 15) is 0 Å². The number of anilines is 1. The van der Waals surface area contributed by atoms with Crippen molar-refractivity contribution in [3.05, 3.63) is 24.0 Å². The zero-order valence-electron chi connectivity index (χ0n) is 8.59. The molecule has 0 aliphatic heterocycles. The van der Waals surface area contributed by atoms with E-state index < -0.39 is 0 Å². The predicted octanol–water partition coefficient (Wildman–Crippen LogP) is 1.77. The summed E-state index contributed by atoms with van der Waals surface area (Å²) in [4.78, 5) is 4.15. The van der Waals surface area contributed by atoms with Gasteiger partial charge in [-0.3, -0.25) is 4.98 Å². The third-order valence-corrected chi connectivity index (χ3v) is 2.43. The van der Waals surface area contributed by atoms with Gasteiger partial charge in [0.25, 0.3) is 0 Å². The number of rotatable bonds is 5. The molecule has 0 unspecified atom stereocenters. The highest BCUT2D eigenvalue weighted by Crippen LogP contribution is 2.20. The first kappa shape index (κ1) is 9.46. The van der Waals surface area contributed by atoms with Crippen molar-refractivity contribution in [2.75, 3.05) is 11.9 Å². The molecule has 0 saturated heterocycles. The van der Waals surface area contributed by atoms with Crippen molar-refractivity contribution < 1.29 is 0 Å². The third kappa shape index (κ3) is 2.45. The Kier molecular flexibility index (Phi) is 2.99. The Morgan fingerprint density at radius 1 is 1.50 bits per heavy atom. The highest BCUT2D eigenvalue weighted by atomic mass is 15.0. The van der Waals surface area contributed by atoms with Crippen molar-refractivity contribution >= 4 is 5.69 Å². The summed E-state index contributed by atoms with van der Waals surface area (Å²) in [5.74, 6) is 0. The normalized spacial score (nSPS) is 15.5. The second kappa shape index (κ2) is 4.42. The lowest BCUT2D eigenvalue weighted by atomic mass is 10.2. The van der Waals surface area contributed by atoms with Crippen LogP contribution >= 0.6 is 0 Å². The summed E-state index contributed by atoms with van der Waals surface area (Å²) in [5.41, 5.74) is 2.47. The highest BCUT2D eigenvalue weighted by molar-refractivity contribution is 5.49. The molecular weight excluding hydrogens is 174 g/mol. The van der Waals surface area contributed by atoms with Gasteiger partial charge in [-0.25, -0.2) is 0 Å². The lowest BCUT2D eigenvalue weighted by Gasteiger charge is -2.10. The Hall–Kier alpha value is -1.09. The van der Waals surface area contributed by atoms with Crippen LogP contribution in [0.25, 0.3) is 0 Å². The summed E-state index contributed by atoms with van der Waals surface area (Å²) >= 11 is 0. The van der Waals surface area contributed by atoms with Crippen LogP contribution in [-0.2, 0) is 6.54 Å². The molecule has 0 bridgehead atoms. The summed E-state index contributed by atoms with van der Waals surface area (Å²) in [6.07, 6.45) is 6.43. The van der Waals surface area contributed by atoms with E-state index in [0.717, 1.165) is 19.1 Å². The molecule has 1 aliphatic rings. The monoisotopic (exact) mass is 191 g/mol. The smallest absolute Gasteiger partial charge is 0.0416 e. The molecule has 0 aromatic carbocycles. The van der Waals surface area contributed by atoms with E-state index in [1.807, 2.05) is 18.5 Å².